The van der Waals surface area contributed by atoms with Gasteiger partial charge in [-0.1, -0.05) is 0 Å². The fourth-order valence-electron chi connectivity index (χ4n) is 1.56. The van der Waals surface area contributed by atoms with Gasteiger partial charge in [-0.25, -0.2) is 9.97 Å². The maximum atomic E-state index is 11.5. The molecular weight excluding hydrogens is 216 g/mol. The highest BCUT2D eigenvalue weighted by Gasteiger charge is 2.24. The van der Waals surface area contributed by atoms with Crippen LogP contribution in [-0.4, -0.2) is 30.0 Å². The molecule has 0 atom stereocenters. The number of aromatic nitrogens is 2. The van der Waals surface area contributed by atoms with Crippen LogP contribution in [0.1, 0.15) is 25.1 Å². The Labute approximate surface area is 101 Å². The van der Waals surface area contributed by atoms with Crippen molar-refractivity contribution in [2.75, 3.05) is 19.0 Å². The minimum absolute atomic E-state index is 0.103. The zero-order valence-electron chi connectivity index (χ0n) is 10.3. The van der Waals surface area contributed by atoms with E-state index in [1.807, 2.05) is 25.1 Å². The van der Waals surface area contributed by atoms with Gasteiger partial charge in [-0.15, -0.1) is 0 Å². The summed E-state index contributed by atoms with van der Waals surface area (Å²) in [6.07, 6.45) is 4.75. The predicted octanol–water partition coefficient (Wildman–Crippen LogP) is 0.959. The molecule has 1 aromatic heterocycles. The predicted molar refractivity (Wildman–Crippen MR) is 65.5 cm³/mol. The third kappa shape index (κ3) is 3.69. The lowest BCUT2D eigenvalue weighted by molar-refractivity contribution is -0.121. The van der Waals surface area contributed by atoms with Gasteiger partial charge in [0.2, 0.25) is 5.91 Å². The summed E-state index contributed by atoms with van der Waals surface area (Å²) in [4.78, 5) is 21.9. The van der Waals surface area contributed by atoms with Crippen LogP contribution in [0.3, 0.4) is 0 Å². The molecule has 1 aliphatic carbocycles. The first kappa shape index (κ1) is 11.8. The molecule has 5 heteroatoms. The summed E-state index contributed by atoms with van der Waals surface area (Å²) < 4.78 is 0. The quantitative estimate of drug-likeness (QED) is 0.824. The van der Waals surface area contributed by atoms with E-state index in [-0.39, 0.29) is 5.91 Å². The number of hydrogen-bond donors (Lipinski definition) is 1. The van der Waals surface area contributed by atoms with E-state index in [9.17, 15) is 4.79 Å². The summed E-state index contributed by atoms with van der Waals surface area (Å²) >= 11 is 0. The van der Waals surface area contributed by atoms with Crippen LogP contribution < -0.4 is 10.2 Å². The molecule has 1 aromatic rings. The Morgan fingerprint density at radius 2 is 2.29 bits per heavy atom. The minimum atomic E-state index is 0.103. The van der Waals surface area contributed by atoms with E-state index in [1.54, 1.807) is 6.20 Å². The van der Waals surface area contributed by atoms with Gasteiger partial charge in [-0.3, -0.25) is 4.79 Å². The number of anilines is 1. The summed E-state index contributed by atoms with van der Waals surface area (Å²) in [6, 6.07) is 1.84. The number of nitrogens with zero attached hydrogens (tertiary/aromatic N) is 3. The lowest BCUT2D eigenvalue weighted by Gasteiger charge is -2.11. The molecule has 0 saturated heterocycles. The molecule has 0 aromatic carbocycles. The number of carbonyl (C=O) groups is 1. The van der Waals surface area contributed by atoms with Crippen LogP contribution >= 0.6 is 0 Å². The average molecular weight is 234 g/mol. The van der Waals surface area contributed by atoms with Crippen molar-refractivity contribution < 1.29 is 4.79 Å². The first-order chi connectivity index (χ1) is 8.15. The summed E-state index contributed by atoms with van der Waals surface area (Å²) in [6.45, 7) is 0.410. The van der Waals surface area contributed by atoms with Crippen molar-refractivity contribution >= 4 is 11.7 Å². The van der Waals surface area contributed by atoms with Crippen molar-refractivity contribution in [3.63, 3.8) is 0 Å². The molecule has 1 heterocycles. The van der Waals surface area contributed by atoms with Crippen molar-refractivity contribution in [1.82, 2.24) is 15.3 Å². The molecule has 92 valence electrons. The van der Waals surface area contributed by atoms with Crippen molar-refractivity contribution in [2.45, 2.75) is 25.8 Å². The second kappa shape index (κ2) is 5.12. The molecule has 1 aliphatic rings. The average Bonchev–Trinajstić information content (AvgIpc) is 3.11. The summed E-state index contributed by atoms with van der Waals surface area (Å²) in [5.74, 6) is 2.22. The van der Waals surface area contributed by atoms with Gasteiger partial charge in [0.1, 0.15) is 11.6 Å². The zero-order valence-corrected chi connectivity index (χ0v) is 10.3. The van der Waals surface area contributed by atoms with Gasteiger partial charge in [0.25, 0.3) is 0 Å². The molecule has 0 radical (unpaired) electrons. The molecule has 2 rings (SSSR count). The lowest BCUT2D eigenvalue weighted by atomic mass is 10.3. The summed E-state index contributed by atoms with van der Waals surface area (Å²) in [5, 5.41) is 2.85. The molecule has 0 unspecified atom stereocenters. The molecule has 0 spiro atoms. The molecule has 1 amide bonds. The van der Waals surface area contributed by atoms with Crippen molar-refractivity contribution in [1.29, 1.82) is 0 Å². The Morgan fingerprint density at radius 1 is 1.53 bits per heavy atom. The fraction of sp³-hybridized carbons (Fsp3) is 0.583. The normalized spacial score (nSPS) is 14.5. The Balaban J connectivity index is 1.84. The van der Waals surface area contributed by atoms with Crippen LogP contribution in [0.5, 0.6) is 0 Å². The fourth-order valence-corrected chi connectivity index (χ4v) is 1.56. The number of amides is 1. The smallest absolute Gasteiger partial charge is 0.220 e. The van der Waals surface area contributed by atoms with Gasteiger partial charge in [-0.2, -0.15) is 0 Å². The van der Waals surface area contributed by atoms with E-state index in [0.29, 0.717) is 24.7 Å². The van der Waals surface area contributed by atoms with Gasteiger partial charge in [0.15, 0.2) is 0 Å². The lowest BCUT2D eigenvalue weighted by Crippen LogP contribution is -2.24. The van der Waals surface area contributed by atoms with Crippen LogP contribution in [0.2, 0.25) is 0 Å². The molecule has 1 N–H and O–H groups in total. The molecule has 17 heavy (non-hydrogen) atoms. The van der Waals surface area contributed by atoms with Crippen molar-refractivity contribution in [2.24, 2.45) is 5.92 Å². The third-order valence-corrected chi connectivity index (χ3v) is 2.76. The monoisotopic (exact) mass is 234 g/mol. The zero-order chi connectivity index (χ0) is 12.3. The Morgan fingerprint density at radius 3 is 2.94 bits per heavy atom. The van der Waals surface area contributed by atoms with Crippen molar-refractivity contribution in [3.05, 3.63) is 18.1 Å². The molecule has 1 fully saturated rings. The minimum Gasteiger partial charge on any atom is -0.363 e. The molecule has 0 bridgehead atoms. The Kier molecular flexibility index (Phi) is 3.56. The molecule has 0 aliphatic heterocycles. The van der Waals surface area contributed by atoms with Crippen molar-refractivity contribution in [3.8, 4) is 0 Å². The van der Waals surface area contributed by atoms with E-state index in [0.717, 1.165) is 5.82 Å². The third-order valence-electron chi connectivity index (χ3n) is 2.76. The van der Waals surface area contributed by atoms with Gasteiger partial charge in [0, 0.05) is 26.7 Å². The Bertz CT molecular complexity index is 401. The maximum absolute atomic E-state index is 11.5. The highest BCUT2D eigenvalue weighted by molar-refractivity contribution is 5.76. The van der Waals surface area contributed by atoms with Gasteiger partial charge < -0.3 is 10.2 Å². The summed E-state index contributed by atoms with van der Waals surface area (Å²) in [7, 11) is 3.86. The van der Waals surface area contributed by atoms with Gasteiger partial charge >= 0.3 is 0 Å². The number of nitrogens with one attached hydrogen (secondary N) is 1. The topological polar surface area (TPSA) is 58.1 Å². The van der Waals surface area contributed by atoms with E-state index in [1.165, 1.54) is 12.8 Å². The SMILES string of the molecule is CN(C)c1ccnc(CNC(=O)CC2CC2)n1. The van der Waals surface area contributed by atoms with Gasteiger partial charge in [-0.05, 0) is 24.8 Å². The molecular formula is C12H18N4O. The number of hydrogen-bond acceptors (Lipinski definition) is 4. The number of carbonyl (C=O) groups excluding carboxylic acids is 1. The highest BCUT2D eigenvalue weighted by atomic mass is 16.1. The standard InChI is InChI=1S/C12H18N4O/c1-16(2)11-5-6-13-10(15-11)8-14-12(17)7-9-3-4-9/h5-6,9H,3-4,7-8H2,1-2H3,(H,14,17). The number of rotatable bonds is 5. The first-order valence-corrected chi connectivity index (χ1v) is 5.91. The maximum Gasteiger partial charge on any atom is 0.220 e. The first-order valence-electron chi connectivity index (χ1n) is 5.91. The van der Waals surface area contributed by atoms with Crippen LogP contribution in [-0.2, 0) is 11.3 Å². The van der Waals surface area contributed by atoms with Crippen LogP contribution in [0.4, 0.5) is 5.82 Å². The van der Waals surface area contributed by atoms with E-state index >= 15 is 0 Å². The largest absolute Gasteiger partial charge is 0.363 e. The van der Waals surface area contributed by atoms with E-state index in [2.05, 4.69) is 15.3 Å². The molecule has 5 nitrogen and oxygen atoms in total. The van der Waals surface area contributed by atoms with E-state index < -0.39 is 0 Å². The second-order valence-electron chi connectivity index (χ2n) is 4.65. The molecule has 1 saturated carbocycles. The van der Waals surface area contributed by atoms with Gasteiger partial charge in [0.05, 0.1) is 6.54 Å². The Hall–Kier alpha value is -1.65. The second-order valence-corrected chi connectivity index (χ2v) is 4.65. The van der Waals surface area contributed by atoms with Crippen LogP contribution in [0.15, 0.2) is 12.3 Å². The van der Waals surface area contributed by atoms with Crippen LogP contribution in [0.25, 0.3) is 0 Å². The van der Waals surface area contributed by atoms with Crippen LogP contribution in [0, 0.1) is 5.92 Å². The summed E-state index contributed by atoms with van der Waals surface area (Å²) in [5.41, 5.74) is 0. The van der Waals surface area contributed by atoms with E-state index in [4.69, 9.17) is 0 Å². The highest BCUT2D eigenvalue weighted by Crippen LogP contribution is 2.32.